The number of hydrogen-bond donors (Lipinski definition) is 2. The van der Waals surface area contributed by atoms with Crippen LogP contribution in [0.25, 0.3) is 22.5 Å². The van der Waals surface area contributed by atoms with Crippen molar-refractivity contribution in [2.24, 2.45) is 0 Å². The number of aliphatic hydroxyl groups is 1. The first-order valence-electron chi connectivity index (χ1n) is 13.4. The van der Waals surface area contributed by atoms with E-state index in [9.17, 15) is 9.90 Å². The minimum absolute atomic E-state index is 0.316. The van der Waals surface area contributed by atoms with Gasteiger partial charge in [-0.15, -0.1) is 0 Å². The lowest BCUT2D eigenvalue weighted by molar-refractivity contribution is 0.0738. The summed E-state index contributed by atoms with van der Waals surface area (Å²) in [4.78, 5) is 32.3. The Morgan fingerprint density at radius 2 is 1.63 bits per heavy atom. The molecule has 1 aliphatic heterocycles. The number of pyridine rings is 1. The molecule has 1 saturated heterocycles. The summed E-state index contributed by atoms with van der Waals surface area (Å²) in [7, 11) is 2.14. The number of fused-ring (bicyclic) bond motifs is 1. The van der Waals surface area contributed by atoms with Crippen LogP contribution in [0.5, 0.6) is 0 Å². The highest BCUT2D eigenvalue weighted by atomic mass is 35.5. The van der Waals surface area contributed by atoms with Gasteiger partial charge in [0.25, 0.3) is 5.56 Å². The van der Waals surface area contributed by atoms with Gasteiger partial charge in [-0.2, -0.15) is 4.98 Å². The lowest BCUT2D eigenvalue weighted by Crippen LogP contribution is -2.44. The topological polar surface area (TPSA) is 104 Å². The first-order valence-corrected chi connectivity index (χ1v) is 13.8. The van der Waals surface area contributed by atoms with Crippen LogP contribution in [0.1, 0.15) is 19.5 Å². The van der Waals surface area contributed by atoms with Gasteiger partial charge in [-0.1, -0.05) is 23.7 Å². The molecule has 5 aromatic rings. The molecule has 0 spiro atoms. The number of benzene rings is 2. The van der Waals surface area contributed by atoms with Crippen molar-refractivity contribution in [3.05, 3.63) is 94.0 Å². The van der Waals surface area contributed by atoms with E-state index in [0.29, 0.717) is 39.2 Å². The van der Waals surface area contributed by atoms with Crippen LogP contribution in [0, 0.1) is 0 Å². The Morgan fingerprint density at radius 3 is 2.34 bits per heavy atom. The average Bonchev–Trinajstić information content (AvgIpc) is 3.25. The van der Waals surface area contributed by atoms with Crippen molar-refractivity contribution in [3.63, 3.8) is 0 Å². The van der Waals surface area contributed by atoms with E-state index in [-0.39, 0.29) is 5.56 Å². The quantitative estimate of drug-likeness (QED) is 0.311. The standard InChI is InChI=1S/C30H31ClN8O2/c1-30(2,41)25-8-5-9-26(34-25)39-27-24(28(40)38(39)23-7-4-6-20(31)18-23)19-32-29(35-27)33-21-10-12-22(13-11-21)37-16-14-36(3)15-17-37/h4-13,18-19,41H,14-17H2,1-3H3,(H,32,33,35). The van der Waals surface area contributed by atoms with E-state index in [1.54, 1.807) is 61.0 Å². The first-order chi connectivity index (χ1) is 19.7. The predicted octanol–water partition coefficient (Wildman–Crippen LogP) is 4.34. The van der Waals surface area contributed by atoms with Crippen molar-refractivity contribution in [1.82, 2.24) is 29.2 Å². The number of nitrogens with zero attached hydrogens (tertiary/aromatic N) is 7. The fourth-order valence-corrected chi connectivity index (χ4v) is 5.11. The third-order valence-electron chi connectivity index (χ3n) is 7.21. The molecular formula is C30H31ClN8O2. The maximum Gasteiger partial charge on any atom is 0.282 e. The molecule has 0 atom stereocenters. The highest BCUT2D eigenvalue weighted by molar-refractivity contribution is 6.30. The van der Waals surface area contributed by atoms with Crippen LogP contribution in [0.2, 0.25) is 5.02 Å². The van der Waals surface area contributed by atoms with E-state index in [1.807, 2.05) is 12.1 Å². The maximum atomic E-state index is 13.7. The molecule has 0 amide bonds. The summed E-state index contributed by atoms with van der Waals surface area (Å²) < 4.78 is 3.10. The summed E-state index contributed by atoms with van der Waals surface area (Å²) in [5, 5.41) is 14.7. The normalized spacial score (nSPS) is 14.5. The summed E-state index contributed by atoms with van der Waals surface area (Å²) in [6, 6.07) is 20.5. The van der Waals surface area contributed by atoms with E-state index in [2.05, 4.69) is 39.3 Å². The first kappa shape index (κ1) is 26.9. The number of piperazine rings is 1. The molecule has 0 aliphatic carbocycles. The zero-order valence-electron chi connectivity index (χ0n) is 23.1. The van der Waals surface area contributed by atoms with Crippen molar-refractivity contribution in [1.29, 1.82) is 0 Å². The fraction of sp³-hybridized carbons (Fsp3) is 0.267. The third kappa shape index (κ3) is 5.41. The molecule has 41 heavy (non-hydrogen) atoms. The molecule has 3 aromatic heterocycles. The lowest BCUT2D eigenvalue weighted by Gasteiger charge is -2.34. The minimum Gasteiger partial charge on any atom is -0.384 e. The highest BCUT2D eigenvalue weighted by Crippen LogP contribution is 2.25. The Balaban J connectivity index is 1.42. The van der Waals surface area contributed by atoms with Gasteiger partial charge in [0.2, 0.25) is 5.95 Å². The Labute approximate surface area is 242 Å². The number of nitrogens with one attached hydrogen (secondary N) is 1. The zero-order valence-corrected chi connectivity index (χ0v) is 23.9. The Hall–Kier alpha value is -4.25. The smallest absolute Gasteiger partial charge is 0.282 e. The van der Waals surface area contributed by atoms with Gasteiger partial charge in [-0.25, -0.2) is 19.3 Å². The summed E-state index contributed by atoms with van der Waals surface area (Å²) in [6.07, 6.45) is 1.52. The average molecular weight is 571 g/mol. The van der Waals surface area contributed by atoms with Crippen molar-refractivity contribution >= 4 is 40.0 Å². The molecule has 1 aliphatic rings. The number of halogens is 1. The van der Waals surface area contributed by atoms with Crippen LogP contribution < -0.4 is 15.8 Å². The second-order valence-electron chi connectivity index (χ2n) is 10.7. The minimum atomic E-state index is -1.18. The van der Waals surface area contributed by atoms with E-state index < -0.39 is 5.60 Å². The van der Waals surface area contributed by atoms with Crippen LogP contribution >= 0.6 is 11.6 Å². The molecule has 0 radical (unpaired) electrons. The Bertz CT molecular complexity index is 1770. The predicted molar refractivity (Wildman–Crippen MR) is 162 cm³/mol. The Morgan fingerprint density at radius 1 is 0.902 bits per heavy atom. The number of rotatable bonds is 6. The second kappa shape index (κ2) is 10.6. The molecule has 0 bridgehead atoms. The van der Waals surface area contributed by atoms with Gasteiger partial charge in [0, 0.05) is 48.8 Å². The molecule has 6 rings (SSSR count). The van der Waals surface area contributed by atoms with E-state index in [0.717, 1.165) is 31.9 Å². The van der Waals surface area contributed by atoms with E-state index >= 15 is 0 Å². The van der Waals surface area contributed by atoms with Crippen LogP contribution in [-0.4, -0.2) is 67.5 Å². The molecule has 4 heterocycles. The summed E-state index contributed by atoms with van der Waals surface area (Å²) >= 11 is 6.30. The fourth-order valence-electron chi connectivity index (χ4n) is 4.93. The molecule has 1 fully saturated rings. The number of hydrogen-bond acceptors (Lipinski definition) is 8. The van der Waals surface area contributed by atoms with Crippen LogP contribution in [0.4, 0.5) is 17.3 Å². The van der Waals surface area contributed by atoms with E-state index in [1.165, 1.54) is 16.6 Å². The van der Waals surface area contributed by atoms with Gasteiger partial charge in [-0.05, 0) is 75.5 Å². The highest BCUT2D eigenvalue weighted by Gasteiger charge is 2.23. The molecule has 0 saturated carbocycles. The van der Waals surface area contributed by atoms with Crippen LogP contribution in [-0.2, 0) is 5.60 Å². The SMILES string of the molecule is CN1CCN(c2ccc(Nc3ncc4c(=O)n(-c5cccc(Cl)c5)n(-c5cccc(C(C)(C)O)n5)c4n3)cc2)CC1. The van der Waals surface area contributed by atoms with Gasteiger partial charge in [0.15, 0.2) is 11.5 Å². The van der Waals surface area contributed by atoms with Crippen LogP contribution in [0.15, 0.2) is 77.7 Å². The second-order valence-corrected chi connectivity index (χ2v) is 11.2. The molecule has 0 unspecified atom stereocenters. The number of anilines is 3. The van der Waals surface area contributed by atoms with Gasteiger partial charge >= 0.3 is 0 Å². The molecule has 2 N–H and O–H groups in total. The third-order valence-corrected chi connectivity index (χ3v) is 7.45. The maximum absolute atomic E-state index is 13.7. The largest absolute Gasteiger partial charge is 0.384 e. The number of likely N-dealkylation sites (N-methyl/N-ethyl adjacent to an activating group) is 1. The van der Waals surface area contributed by atoms with Gasteiger partial charge in [-0.3, -0.25) is 4.79 Å². The lowest BCUT2D eigenvalue weighted by atomic mass is 10.1. The van der Waals surface area contributed by atoms with Gasteiger partial charge in [0.1, 0.15) is 11.0 Å². The van der Waals surface area contributed by atoms with Crippen molar-refractivity contribution in [3.8, 4) is 11.5 Å². The van der Waals surface area contributed by atoms with Crippen molar-refractivity contribution in [2.45, 2.75) is 19.4 Å². The monoisotopic (exact) mass is 570 g/mol. The molecule has 2 aromatic carbocycles. The molecule has 11 heteroatoms. The van der Waals surface area contributed by atoms with Crippen molar-refractivity contribution in [2.75, 3.05) is 43.4 Å². The summed E-state index contributed by atoms with van der Waals surface area (Å²) in [5.41, 5.74) is 1.86. The summed E-state index contributed by atoms with van der Waals surface area (Å²) in [6.45, 7) is 7.39. The molecule has 210 valence electrons. The van der Waals surface area contributed by atoms with Crippen LogP contribution in [0.3, 0.4) is 0 Å². The summed E-state index contributed by atoms with van der Waals surface area (Å²) in [5.74, 6) is 0.748. The van der Waals surface area contributed by atoms with Gasteiger partial charge in [0.05, 0.1) is 11.4 Å². The van der Waals surface area contributed by atoms with Crippen molar-refractivity contribution < 1.29 is 5.11 Å². The van der Waals surface area contributed by atoms with E-state index in [4.69, 9.17) is 21.6 Å². The molecular weight excluding hydrogens is 540 g/mol. The van der Waals surface area contributed by atoms with Gasteiger partial charge < -0.3 is 20.2 Å². The Kier molecular flexibility index (Phi) is 6.98. The zero-order chi connectivity index (χ0) is 28.7. The molecule has 10 nitrogen and oxygen atoms in total. The number of aromatic nitrogens is 5.